The lowest BCUT2D eigenvalue weighted by molar-refractivity contribution is -0.134. The van der Waals surface area contributed by atoms with Crippen LogP contribution < -0.4 is 4.74 Å². The van der Waals surface area contributed by atoms with Gasteiger partial charge in [-0.1, -0.05) is 37.6 Å². The van der Waals surface area contributed by atoms with Gasteiger partial charge in [0, 0.05) is 6.08 Å². The van der Waals surface area contributed by atoms with Crippen molar-refractivity contribution in [2.24, 2.45) is 0 Å². The highest BCUT2D eigenvalue weighted by molar-refractivity contribution is 5.82. The van der Waals surface area contributed by atoms with Crippen LogP contribution >= 0.6 is 0 Å². The van der Waals surface area contributed by atoms with Gasteiger partial charge < -0.3 is 9.47 Å². The fourth-order valence-corrected chi connectivity index (χ4v) is 1.82. The monoisotopic (exact) mass is 274 g/mol. The Balaban J connectivity index is 2.95. The van der Waals surface area contributed by atoms with E-state index in [0.717, 1.165) is 30.6 Å². The van der Waals surface area contributed by atoms with Crippen molar-refractivity contribution in [3.05, 3.63) is 48.1 Å². The number of allylic oxidation sites excluding steroid dienone is 3. The van der Waals surface area contributed by atoms with Gasteiger partial charge in [-0.25, -0.2) is 4.79 Å². The number of rotatable bonds is 7. The molecule has 0 aromatic heterocycles. The van der Waals surface area contributed by atoms with Gasteiger partial charge in [-0.05, 0) is 36.1 Å². The van der Waals surface area contributed by atoms with E-state index in [4.69, 9.17) is 4.74 Å². The smallest absolute Gasteiger partial charge is 0.330 e. The predicted molar refractivity (Wildman–Crippen MR) is 81.7 cm³/mol. The summed E-state index contributed by atoms with van der Waals surface area (Å²) < 4.78 is 9.83. The zero-order valence-corrected chi connectivity index (χ0v) is 12.4. The average molecular weight is 274 g/mol. The molecule has 0 N–H and O–H groups in total. The fraction of sp³-hybridized carbons (Fsp3) is 0.353. The van der Waals surface area contributed by atoms with Crippen LogP contribution in [0.25, 0.3) is 5.57 Å². The highest BCUT2D eigenvalue weighted by Crippen LogP contribution is 2.24. The third-order valence-corrected chi connectivity index (χ3v) is 2.97. The molecule has 0 fully saturated rings. The first-order chi connectivity index (χ1) is 9.71. The van der Waals surface area contributed by atoms with Crippen LogP contribution in [0.4, 0.5) is 0 Å². The molecule has 0 aliphatic heterocycles. The summed E-state index contributed by atoms with van der Waals surface area (Å²) in [5, 5.41) is 0. The summed E-state index contributed by atoms with van der Waals surface area (Å²) in [7, 11) is 3.03. The maximum Gasteiger partial charge on any atom is 0.330 e. The molecule has 0 saturated carbocycles. The Kier molecular flexibility index (Phi) is 7.18. The van der Waals surface area contributed by atoms with Crippen LogP contribution in [0.2, 0.25) is 0 Å². The first kappa shape index (κ1) is 16.0. The lowest BCUT2D eigenvalue weighted by Gasteiger charge is -2.08. The summed E-state index contributed by atoms with van der Waals surface area (Å²) >= 11 is 0. The number of benzene rings is 1. The number of unbranched alkanes of at least 4 members (excludes halogenated alkanes) is 1. The number of hydrogen-bond donors (Lipinski definition) is 0. The average Bonchev–Trinajstić information content (AvgIpc) is 2.50. The lowest BCUT2D eigenvalue weighted by Crippen LogP contribution is -1.93. The zero-order valence-electron chi connectivity index (χ0n) is 12.4. The van der Waals surface area contributed by atoms with Crippen LogP contribution in [-0.2, 0) is 9.53 Å². The van der Waals surface area contributed by atoms with Crippen molar-refractivity contribution in [2.45, 2.75) is 26.2 Å². The third kappa shape index (κ3) is 5.31. The summed E-state index contributed by atoms with van der Waals surface area (Å²) in [4.78, 5) is 11.1. The lowest BCUT2D eigenvalue weighted by atomic mass is 9.99. The molecule has 0 atom stereocenters. The summed E-state index contributed by atoms with van der Waals surface area (Å²) in [5.41, 5.74) is 2.30. The van der Waals surface area contributed by atoms with Crippen molar-refractivity contribution in [2.75, 3.05) is 14.2 Å². The summed E-state index contributed by atoms with van der Waals surface area (Å²) in [6.07, 6.45) is 8.32. The van der Waals surface area contributed by atoms with E-state index in [1.807, 2.05) is 24.3 Å². The van der Waals surface area contributed by atoms with E-state index in [9.17, 15) is 4.79 Å². The molecule has 3 nitrogen and oxygen atoms in total. The molecule has 0 amide bonds. The molecule has 0 radical (unpaired) electrons. The van der Waals surface area contributed by atoms with Crippen LogP contribution in [0.3, 0.4) is 0 Å². The number of esters is 1. The van der Waals surface area contributed by atoms with Gasteiger partial charge in [-0.15, -0.1) is 0 Å². The highest BCUT2D eigenvalue weighted by atomic mass is 16.5. The molecule has 3 heteroatoms. The molecular weight excluding hydrogens is 252 g/mol. The molecule has 0 aliphatic carbocycles. The molecule has 0 bridgehead atoms. The number of ether oxygens (including phenoxy) is 2. The molecule has 0 saturated heterocycles. The fourth-order valence-electron chi connectivity index (χ4n) is 1.82. The minimum Gasteiger partial charge on any atom is -0.497 e. The molecule has 108 valence electrons. The van der Waals surface area contributed by atoms with Gasteiger partial charge in [0.1, 0.15) is 5.75 Å². The SMILES string of the molecule is CCCC/C(=C/C=C/C(=O)OC)c1cccc(OC)c1. The van der Waals surface area contributed by atoms with Crippen LogP contribution in [0, 0.1) is 0 Å². The Morgan fingerprint density at radius 1 is 1.30 bits per heavy atom. The van der Waals surface area contributed by atoms with Crippen LogP contribution in [0.15, 0.2) is 42.5 Å². The van der Waals surface area contributed by atoms with E-state index in [0.29, 0.717) is 0 Å². The van der Waals surface area contributed by atoms with E-state index in [1.165, 1.54) is 18.8 Å². The minimum atomic E-state index is -0.346. The first-order valence-electron chi connectivity index (χ1n) is 6.80. The van der Waals surface area contributed by atoms with Gasteiger partial charge >= 0.3 is 5.97 Å². The van der Waals surface area contributed by atoms with Crippen molar-refractivity contribution in [1.29, 1.82) is 0 Å². The van der Waals surface area contributed by atoms with Crippen molar-refractivity contribution in [1.82, 2.24) is 0 Å². The van der Waals surface area contributed by atoms with E-state index >= 15 is 0 Å². The minimum absolute atomic E-state index is 0.346. The molecule has 0 aliphatic rings. The molecule has 1 aromatic carbocycles. The number of hydrogen-bond acceptors (Lipinski definition) is 3. The summed E-state index contributed by atoms with van der Waals surface area (Å²) in [6.45, 7) is 2.16. The number of methoxy groups -OCH3 is 2. The zero-order chi connectivity index (χ0) is 14.8. The van der Waals surface area contributed by atoms with E-state index in [1.54, 1.807) is 13.2 Å². The van der Waals surface area contributed by atoms with Crippen LogP contribution in [0.1, 0.15) is 31.7 Å². The maximum atomic E-state index is 11.1. The predicted octanol–water partition coefficient (Wildman–Crippen LogP) is 4.00. The molecule has 0 heterocycles. The third-order valence-electron chi connectivity index (χ3n) is 2.97. The molecule has 1 aromatic rings. The Labute approximate surface area is 120 Å². The quantitative estimate of drug-likeness (QED) is 0.428. The standard InChI is InChI=1S/C17H22O3/c1-4-5-8-14(9-7-12-17(18)20-3)15-10-6-11-16(13-15)19-2/h6-7,9-13H,4-5,8H2,1-3H3/b12-7+,14-9-. The van der Waals surface area contributed by atoms with Gasteiger partial charge in [0.2, 0.25) is 0 Å². The second-order valence-electron chi connectivity index (χ2n) is 4.41. The second kappa shape index (κ2) is 8.97. The first-order valence-corrected chi connectivity index (χ1v) is 6.80. The van der Waals surface area contributed by atoms with Crippen molar-refractivity contribution < 1.29 is 14.3 Å². The van der Waals surface area contributed by atoms with E-state index in [2.05, 4.69) is 17.7 Å². The maximum absolute atomic E-state index is 11.1. The Morgan fingerprint density at radius 3 is 2.75 bits per heavy atom. The molecule has 0 spiro atoms. The molecule has 20 heavy (non-hydrogen) atoms. The molecule has 0 unspecified atom stereocenters. The van der Waals surface area contributed by atoms with Crippen molar-refractivity contribution in [3.63, 3.8) is 0 Å². The largest absolute Gasteiger partial charge is 0.497 e. The van der Waals surface area contributed by atoms with Crippen LogP contribution in [-0.4, -0.2) is 20.2 Å². The van der Waals surface area contributed by atoms with Crippen LogP contribution in [0.5, 0.6) is 5.75 Å². The van der Waals surface area contributed by atoms with Gasteiger partial charge in [-0.3, -0.25) is 0 Å². The van der Waals surface area contributed by atoms with Crippen molar-refractivity contribution >= 4 is 11.5 Å². The molecule has 1 rings (SSSR count). The normalized spacial score (nSPS) is 11.7. The van der Waals surface area contributed by atoms with Gasteiger partial charge in [0.25, 0.3) is 0 Å². The van der Waals surface area contributed by atoms with Gasteiger partial charge in [-0.2, -0.15) is 0 Å². The topological polar surface area (TPSA) is 35.5 Å². The Morgan fingerprint density at radius 2 is 2.10 bits per heavy atom. The second-order valence-corrected chi connectivity index (χ2v) is 4.41. The van der Waals surface area contributed by atoms with E-state index < -0.39 is 0 Å². The number of carbonyl (C=O) groups excluding carboxylic acids is 1. The Hall–Kier alpha value is -2.03. The van der Waals surface area contributed by atoms with E-state index in [-0.39, 0.29) is 5.97 Å². The van der Waals surface area contributed by atoms with Gasteiger partial charge in [0.05, 0.1) is 14.2 Å². The highest BCUT2D eigenvalue weighted by Gasteiger charge is 2.02. The summed E-state index contributed by atoms with van der Waals surface area (Å²) in [5.74, 6) is 0.489. The number of carbonyl (C=O) groups is 1. The molecular formula is C17H22O3. The Bertz CT molecular complexity index is 487. The van der Waals surface area contributed by atoms with Gasteiger partial charge in [0.15, 0.2) is 0 Å². The van der Waals surface area contributed by atoms with Crippen molar-refractivity contribution in [3.8, 4) is 5.75 Å². The summed E-state index contributed by atoms with van der Waals surface area (Å²) in [6, 6.07) is 7.95.